The Morgan fingerprint density at radius 1 is 1.38 bits per heavy atom. The zero-order valence-electron chi connectivity index (χ0n) is 9.34. The van der Waals surface area contributed by atoms with Crippen LogP contribution in [0.5, 0.6) is 0 Å². The van der Waals surface area contributed by atoms with E-state index in [9.17, 15) is 0 Å². The first-order valence-corrected chi connectivity index (χ1v) is 6.24. The molecular formula is C11H14N4S. The van der Waals surface area contributed by atoms with E-state index >= 15 is 0 Å². The van der Waals surface area contributed by atoms with Crippen LogP contribution in [0.1, 0.15) is 5.69 Å². The van der Waals surface area contributed by atoms with Crippen molar-refractivity contribution in [3.8, 4) is 0 Å². The van der Waals surface area contributed by atoms with Gasteiger partial charge in [0.15, 0.2) is 0 Å². The van der Waals surface area contributed by atoms with E-state index in [1.165, 1.54) is 4.90 Å². The third-order valence-corrected chi connectivity index (χ3v) is 3.01. The first-order valence-electron chi connectivity index (χ1n) is 5.01. The highest BCUT2D eigenvalue weighted by Crippen LogP contribution is 2.24. The molecule has 0 spiro atoms. The maximum absolute atomic E-state index is 4.03. The van der Waals surface area contributed by atoms with Gasteiger partial charge >= 0.3 is 0 Å². The van der Waals surface area contributed by atoms with Crippen LogP contribution in [-0.4, -0.2) is 21.2 Å². The second kappa shape index (κ2) is 5.03. The van der Waals surface area contributed by atoms with Gasteiger partial charge in [-0.3, -0.25) is 4.68 Å². The number of hydrogen-bond acceptors (Lipinski definition) is 4. The number of nitrogens with one attached hydrogen (secondary N) is 1. The summed E-state index contributed by atoms with van der Waals surface area (Å²) >= 11 is 1.73. The van der Waals surface area contributed by atoms with Crippen LogP contribution in [0, 0.1) is 0 Å². The third kappa shape index (κ3) is 2.55. The molecule has 0 aliphatic carbocycles. The van der Waals surface area contributed by atoms with Gasteiger partial charge in [0.25, 0.3) is 0 Å². The number of thioether (sulfide) groups is 1. The van der Waals surface area contributed by atoms with Gasteiger partial charge in [-0.25, -0.2) is 0 Å². The Balaban J connectivity index is 2.04. The lowest BCUT2D eigenvalue weighted by atomic mass is 10.3. The molecule has 4 nitrogen and oxygen atoms in total. The molecule has 0 aliphatic heterocycles. The van der Waals surface area contributed by atoms with Crippen molar-refractivity contribution in [1.29, 1.82) is 0 Å². The van der Waals surface area contributed by atoms with Crippen LogP contribution in [-0.2, 0) is 13.6 Å². The number of para-hydroxylation sites is 1. The standard InChI is InChI=1S/C11H14N4S/c1-15-8-9(13-14-15)7-12-10-5-3-4-6-11(10)16-2/h3-6,8,12H,7H2,1-2H3. The van der Waals surface area contributed by atoms with Crippen LogP contribution >= 0.6 is 11.8 Å². The van der Waals surface area contributed by atoms with Gasteiger partial charge in [0.1, 0.15) is 5.69 Å². The molecule has 2 rings (SSSR count). The molecule has 16 heavy (non-hydrogen) atoms. The van der Waals surface area contributed by atoms with Crippen LogP contribution in [0.25, 0.3) is 0 Å². The van der Waals surface area contributed by atoms with E-state index in [2.05, 4.69) is 34.0 Å². The molecule has 5 heteroatoms. The van der Waals surface area contributed by atoms with Crippen molar-refractivity contribution in [3.63, 3.8) is 0 Å². The normalized spacial score (nSPS) is 10.4. The molecule has 0 bridgehead atoms. The van der Waals surface area contributed by atoms with E-state index in [0.29, 0.717) is 6.54 Å². The van der Waals surface area contributed by atoms with Crippen LogP contribution in [0.15, 0.2) is 35.4 Å². The fourth-order valence-corrected chi connectivity index (χ4v) is 2.03. The summed E-state index contributed by atoms with van der Waals surface area (Å²) in [5, 5.41) is 11.3. The monoisotopic (exact) mass is 234 g/mol. The van der Waals surface area contributed by atoms with E-state index in [0.717, 1.165) is 11.4 Å². The first kappa shape index (κ1) is 11.0. The van der Waals surface area contributed by atoms with Gasteiger partial charge in [-0.05, 0) is 18.4 Å². The molecule has 0 atom stereocenters. The highest BCUT2D eigenvalue weighted by molar-refractivity contribution is 7.98. The smallest absolute Gasteiger partial charge is 0.102 e. The number of hydrogen-bond donors (Lipinski definition) is 1. The summed E-state index contributed by atoms with van der Waals surface area (Å²) in [5.74, 6) is 0. The molecule has 0 saturated carbocycles. The van der Waals surface area contributed by atoms with Gasteiger partial charge in [-0.2, -0.15) is 0 Å². The van der Waals surface area contributed by atoms with Crippen molar-refractivity contribution in [2.75, 3.05) is 11.6 Å². The highest BCUT2D eigenvalue weighted by Gasteiger charge is 2.01. The average Bonchev–Trinajstić information content (AvgIpc) is 2.73. The van der Waals surface area contributed by atoms with Gasteiger partial charge < -0.3 is 5.32 Å². The molecule has 0 radical (unpaired) electrons. The quantitative estimate of drug-likeness (QED) is 0.823. The fraction of sp³-hybridized carbons (Fsp3) is 0.273. The molecule has 0 aliphatic rings. The zero-order chi connectivity index (χ0) is 11.4. The number of aryl methyl sites for hydroxylation is 1. The second-order valence-corrected chi connectivity index (χ2v) is 4.29. The van der Waals surface area contributed by atoms with Crippen molar-refractivity contribution >= 4 is 17.4 Å². The van der Waals surface area contributed by atoms with Crippen molar-refractivity contribution in [2.24, 2.45) is 7.05 Å². The number of aromatic nitrogens is 3. The Morgan fingerprint density at radius 3 is 2.88 bits per heavy atom. The van der Waals surface area contributed by atoms with E-state index in [-0.39, 0.29) is 0 Å². The molecule has 0 saturated heterocycles. The Labute approximate surface area is 99.1 Å². The molecule has 1 aromatic heterocycles. The van der Waals surface area contributed by atoms with E-state index in [4.69, 9.17) is 0 Å². The molecule has 1 heterocycles. The summed E-state index contributed by atoms with van der Waals surface area (Å²) in [7, 11) is 1.87. The van der Waals surface area contributed by atoms with Gasteiger partial charge in [0.05, 0.1) is 6.54 Å². The first-order chi connectivity index (χ1) is 7.79. The number of nitrogens with zero attached hydrogens (tertiary/aromatic N) is 3. The predicted molar refractivity (Wildman–Crippen MR) is 66.6 cm³/mol. The zero-order valence-corrected chi connectivity index (χ0v) is 10.2. The molecule has 84 valence electrons. The number of benzene rings is 1. The minimum atomic E-state index is 0.700. The van der Waals surface area contributed by atoms with Crippen molar-refractivity contribution < 1.29 is 0 Å². The Bertz CT molecular complexity index is 467. The SMILES string of the molecule is CSc1ccccc1NCc1cn(C)nn1. The fourth-order valence-electron chi connectivity index (χ4n) is 1.45. The van der Waals surface area contributed by atoms with Gasteiger partial charge in [-0.15, -0.1) is 16.9 Å². The van der Waals surface area contributed by atoms with Crippen molar-refractivity contribution in [3.05, 3.63) is 36.2 Å². The minimum absolute atomic E-state index is 0.700. The van der Waals surface area contributed by atoms with Crippen molar-refractivity contribution in [1.82, 2.24) is 15.0 Å². The maximum Gasteiger partial charge on any atom is 0.102 e. The van der Waals surface area contributed by atoms with Gasteiger partial charge in [0, 0.05) is 23.8 Å². The van der Waals surface area contributed by atoms with E-state index in [1.807, 2.05) is 25.4 Å². The predicted octanol–water partition coefficient (Wildman–Crippen LogP) is 2.15. The molecular weight excluding hydrogens is 220 g/mol. The molecule has 1 N–H and O–H groups in total. The maximum atomic E-state index is 4.03. The highest BCUT2D eigenvalue weighted by atomic mass is 32.2. The molecule has 0 unspecified atom stereocenters. The average molecular weight is 234 g/mol. The Hall–Kier alpha value is -1.49. The molecule has 0 fully saturated rings. The summed E-state index contributed by atoms with van der Waals surface area (Å²) in [5.41, 5.74) is 2.08. The molecule has 2 aromatic rings. The lowest BCUT2D eigenvalue weighted by Crippen LogP contribution is -2.00. The van der Waals surface area contributed by atoms with Crippen molar-refractivity contribution in [2.45, 2.75) is 11.4 Å². The van der Waals surface area contributed by atoms with E-state index < -0.39 is 0 Å². The lowest BCUT2D eigenvalue weighted by Gasteiger charge is -2.08. The summed E-state index contributed by atoms with van der Waals surface area (Å²) in [6, 6.07) is 8.24. The topological polar surface area (TPSA) is 42.7 Å². The van der Waals surface area contributed by atoms with Crippen LogP contribution in [0.2, 0.25) is 0 Å². The largest absolute Gasteiger partial charge is 0.378 e. The molecule has 0 amide bonds. The second-order valence-electron chi connectivity index (χ2n) is 3.44. The Morgan fingerprint density at radius 2 is 2.19 bits per heavy atom. The lowest BCUT2D eigenvalue weighted by molar-refractivity contribution is 0.713. The number of anilines is 1. The molecule has 1 aromatic carbocycles. The summed E-state index contributed by atoms with van der Waals surface area (Å²) in [4.78, 5) is 1.24. The summed E-state index contributed by atoms with van der Waals surface area (Å²) in [6.45, 7) is 0.700. The van der Waals surface area contributed by atoms with Crippen LogP contribution in [0.3, 0.4) is 0 Å². The van der Waals surface area contributed by atoms with Crippen LogP contribution in [0.4, 0.5) is 5.69 Å². The Kier molecular flexibility index (Phi) is 3.46. The minimum Gasteiger partial charge on any atom is -0.378 e. The van der Waals surface area contributed by atoms with E-state index in [1.54, 1.807) is 16.4 Å². The third-order valence-electron chi connectivity index (χ3n) is 2.22. The van der Waals surface area contributed by atoms with Crippen LogP contribution < -0.4 is 5.32 Å². The summed E-state index contributed by atoms with van der Waals surface area (Å²) < 4.78 is 1.71. The number of rotatable bonds is 4. The summed E-state index contributed by atoms with van der Waals surface area (Å²) in [6.07, 6.45) is 3.98. The van der Waals surface area contributed by atoms with Gasteiger partial charge in [-0.1, -0.05) is 17.3 Å². The van der Waals surface area contributed by atoms with Gasteiger partial charge in [0.2, 0.25) is 0 Å².